The minimum absolute atomic E-state index is 0.0601. The molecule has 0 aliphatic carbocycles. The van der Waals surface area contributed by atoms with E-state index in [1.807, 2.05) is 36.4 Å². The smallest absolute Gasteiger partial charge is 0.259 e. The minimum Gasteiger partial charge on any atom is -0.497 e. The lowest BCUT2D eigenvalue weighted by Crippen LogP contribution is -2.31. The summed E-state index contributed by atoms with van der Waals surface area (Å²) < 4.78 is 6.91. The van der Waals surface area contributed by atoms with E-state index in [2.05, 4.69) is 20.8 Å². The van der Waals surface area contributed by atoms with E-state index < -0.39 is 0 Å². The number of methoxy groups -OCH3 is 1. The molecule has 0 radical (unpaired) electrons. The molecule has 4 heteroatoms. The van der Waals surface area contributed by atoms with Gasteiger partial charge in [-0.1, -0.05) is 26.8 Å². The fourth-order valence-electron chi connectivity index (χ4n) is 2.31. The Kier molecular flexibility index (Phi) is 4.19. The largest absolute Gasteiger partial charge is 0.497 e. The monoisotopic (exact) mass is 286 g/mol. The molecular weight excluding hydrogens is 264 g/mol. The van der Waals surface area contributed by atoms with Gasteiger partial charge < -0.3 is 10.5 Å². The Hall–Kier alpha value is -2.07. The first-order chi connectivity index (χ1) is 9.88. The molecule has 21 heavy (non-hydrogen) atoms. The highest BCUT2D eigenvalue weighted by atomic mass is 16.5. The van der Waals surface area contributed by atoms with Gasteiger partial charge in [-0.05, 0) is 30.3 Å². The van der Waals surface area contributed by atoms with E-state index in [-0.39, 0.29) is 17.5 Å². The molecule has 2 aromatic rings. The first-order valence-electron chi connectivity index (χ1n) is 6.98. The second-order valence-corrected chi connectivity index (χ2v) is 6.04. The van der Waals surface area contributed by atoms with Crippen molar-refractivity contribution in [3.05, 3.63) is 58.0 Å². The van der Waals surface area contributed by atoms with Crippen LogP contribution in [0.25, 0.3) is 5.69 Å². The Morgan fingerprint density at radius 2 is 1.71 bits per heavy atom. The van der Waals surface area contributed by atoms with Gasteiger partial charge in [-0.2, -0.15) is 0 Å². The lowest BCUT2D eigenvalue weighted by atomic mass is 9.90. The molecule has 0 saturated carbocycles. The number of pyridine rings is 1. The second kappa shape index (κ2) is 5.74. The predicted molar refractivity (Wildman–Crippen MR) is 85.2 cm³/mol. The lowest BCUT2D eigenvalue weighted by molar-refractivity contribution is 0.414. The van der Waals surface area contributed by atoms with Gasteiger partial charge in [0.05, 0.1) is 7.11 Å². The summed E-state index contributed by atoms with van der Waals surface area (Å²) in [4.78, 5) is 12.7. The van der Waals surface area contributed by atoms with Crippen LogP contribution in [0.5, 0.6) is 5.75 Å². The average molecular weight is 286 g/mol. The van der Waals surface area contributed by atoms with Crippen molar-refractivity contribution in [2.45, 2.75) is 32.7 Å². The zero-order chi connectivity index (χ0) is 15.6. The predicted octanol–water partition coefficient (Wildman–Crippen LogP) is 2.60. The van der Waals surface area contributed by atoms with Crippen LogP contribution in [0, 0.1) is 0 Å². The van der Waals surface area contributed by atoms with E-state index in [0.29, 0.717) is 5.56 Å². The number of benzene rings is 1. The molecule has 0 bridgehead atoms. The van der Waals surface area contributed by atoms with Gasteiger partial charge >= 0.3 is 0 Å². The molecule has 0 unspecified atom stereocenters. The van der Waals surface area contributed by atoms with Crippen molar-refractivity contribution in [1.82, 2.24) is 4.57 Å². The molecule has 2 rings (SSSR count). The summed E-state index contributed by atoms with van der Waals surface area (Å²) >= 11 is 0. The molecule has 1 aromatic carbocycles. The van der Waals surface area contributed by atoms with Crippen LogP contribution in [0.4, 0.5) is 0 Å². The van der Waals surface area contributed by atoms with Crippen LogP contribution in [0.3, 0.4) is 0 Å². The fourth-order valence-corrected chi connectivity index (χ4v) is 2.31. The van der Waals surface area contributed by atoms with E-state index in [1.165, 1.54) is 0 Å². The topological polar surface area (TPSA) is 57.2 Å². The molecule has 112 valence electrons. The third-order valence-electron chi connectivity index (χ3n) is 3.48. The molecule has 0 amide bonds. The number of rotatable bonds is 3. The number of nitrogens with two attached hydrogens (primary N) is 1. The molecule has 4 nitrogen and oxygen atoms in total. The van der Waals surface area contributed by atoms with Crippen molar-refractivity contribution < 1.29 is 4.74 Å². The summed E-state index contributed by atoms with van der Waals surface area (Å²) in [6.07, 6.45) is 0. The number of hydrogen-bond acceptors (Lipinski definition) is 3. The molecule has 0 saturated heterocycles. The van der Waals surface area contributed by atoms with E-state index in [1.54, 1.807) is 11.7 Å². The maximum absolute atomic E-state index is 12.7. The van der Waals surface area contributed by atoms with Gasteiger partial charge in [0.1, 0.15) is 5.75 Å². The molecule has 1 aromatic heterocycles. The second-order valence-electron chi connectivity index (χ2n) is 6.04. The fraction of sp³-hybridized carbons (Fsp3) is 0.353. The number of nitrogens with zero attached hydrogens (tertiary/aromatic N) is 1. The number of aromatic nitrogens is 1. The molecular formula is C17H22N2O2. The van der Waals surface area contributed by atoms with Gasteiger partial charge in [0.2, 0.25) is 0 Å². The third kappa shape index (κ3) is 3.00. The van der Waals surface area contributed by atoms with Crippen molar-refractivity contribution in [3.8, 4) is 11.4 Å². The highest BCUT2D eigenvalue weighted by molar-refractivity contribution is 5.41. The van der Waals surface area contributed by atoms with E-state index >= 15 is 0 Å². The summed E-state index contributed by atoms with van der Waals surface area (Å²) in [6, 6.07) is 11.3. The molecule has 0 aliphatic heterocycles. The van der Waals surface area contributed by atoms with Crippen molar-refractivity contribution in [1.29, 1.82) is 0 Å². The SMILES string of the molecule is COc1ccc(-n2c(C(C)(C)C)ccc(CN)c2=O)cc1. The summed E-state index contributed by atoms with van der Waals surface area (Å²) in [7, 11) is 1.62. The van der Waals surface area contributed by atoms with Crippen molar-refractivity contribution >= 4 is 0 Å². The average Bonchev–Trinajstić information content (AvgIpc) is 2.46. The molecule has 0 fully saturated rings. The van der Waals surface area contributed by atoms with Crippen LogP contribution < -0.4 is 16.0 Å². The van der Waals surface area contributed by atoms with Crippen LogP contribution in [-0.2, 0) is 12.0 Å². The first kappa shape index (κ1) is 15.3. The normalized spacial score (nSPS) is 11.5. The van der Waals surface area contributed by atoms with Crippen molar-refractivity contribution in [3.63, 3.8) is 0 Å². The Balaban J connectivity index is 2.71. The Bertz CT molecular complexity index is 679. The van der Waals surface area contributed by atoms with Gasteiger partial charge in [0.25, 0.3) is 5.56 Å². The zero-order valence-corrected chi connectivity index (χ0v) is 13.0. The zero-order valence-electron chi connectivity index (χ0n) is 13.0. The van der Waals surface area contributed by atoms with E-state index in [0.717, 1.165) is 17.1 Å². The van der Waals surface area contributed by atoms with Crippen molar-refractivity contribution in [2.75, 3.05) is 7.11 Å². The first-order valence-corrected chi connectivity index (χ1v) is 6.98. The van der Waals surface area contributed by atoms with Crippen LogP contribution in [-0.4, -0.2) is 11.7 Å². The quantitative estimate of drug-likeness (QED) is 0.943. The highest BCUT2D eigenvalue weighted by Gasteiger charge is 2.20. The Morgan fingerprint density at radius 1 is 1.10 bits per heavy atom. The molecule has 1 heterocycles. The molecule has 2 N–H and O–H groups in total. The Morgan fingerprint density at radius 3 is 2.19 bits per heavy atom. The van der Waals surface area contributed by atoms with Crippen LogP contribution in [0.1, 0.15) is 32.0 Å². The van der Waals surface area contributed by atoms with Gasteiger partial charge in [0, 0.05) is 28.9 Å². The van der Waals surface area contributed by atoms with Crippen LogP contribution in [0.2, 0.25) is 0 Å². The van der Waals surface area contributed by atoms with Gasteiger partial charge in [-0.25, -0.2) is 0 Å². The summed E-state index contributed by atoms with van der Waals surface area (Å²) in [5.41, 5.74) is 7.85. The maximum Gasteiger partial charge on any atom is 0.259 e. The van der Waals surface area contributed by atoms with E-state index in [9.17, 15) is 4.79 Å². The third-order valence-corrected chi connectivity index (χ3v) is 3.48. The highest BCUT2D eigenvalue weighted by Crippen LogP contribution is 2.24. The Labute approximate surface area is 125 Å². The van der Waals surface area contributed by atoms with Crippen molar-refractivity contribution in [2.24, 2.45) is 5.73 Å². The van der Waals surface area contributed by atoms with E-state index in [4.69, 9.17) is 10.5 Å². The summed E-state index contributed by atoms with van der Waals surface area (Å²) in [5, 5.41) is 0. The molecule has 0 spiro atoms. The van der Waals surface area contributed by atoms with Crippen LogP contribution >= 0.6 is 0 Å². The van der Waals surface area contributed by atoms with Crippen LogP contribution in [0.15, 0.2) is 41.2 Å². The lowest BCUT2D eigenvalue weighted by Gasteiger charge is -2.25. The molecule has 0 atom stereocenters. The molecule has 0 aliphatic rings. The van der Waals surface area contributed by atoms with Gasteiger partial charge in [0.15, 0.2) is 0 Å². The maximum atomic E-state index is 12.7. The minimum atomic E-state index is -0.147. The van der Waals surface area contributed by atoms with Gasteiger partial charge in [-0.15, -0.1) is 0 Å². The number of hydrogen-bond donors (Lipinski definition) is 1. The number of ether oxygens (including phenoxy) is 1. The van der Waals surface area contributed by atoms with Gasteiger partial charge in [-0.3, -0.25) is 9.36 Å². The standard InChI is InChI=1S/C17H22N2O2/c1-17(2,3)15-10-5-12(11-18)16(20)19(15)13-6-8-14(21-4)9-7-13/h5-10H,11,18H2,1-4H3. The summed E-state index contributed by atoms with van der Waals surface area (Å²) in [6.45, 7) is 6.50. The summed E-state index contributed by atoms with van der Waals surface area (Å²) in [5.74, 6) is 0.763.